The summed E-state index contributed by atoms with van der Waals surface area (Å²) < 4.78 is 37.7. The number of hydrogen-bond acceptors (Lipinski definition) is 6. The molecule has 6 nitrogen and oxygen atoms in total. The number of alkyl halides is 3. The molecule has 0 saturated carbocycles. The second kappa shape index (κ2) is 4.62. The van der Waals surface area contributed by atoms with Crippen LogP contribution in [0.2, 0.25) is 0 Å². The largest absolute Gasteiger partial charge is 0.448 e. The van der Waals surface area contributed by atoms with Crippen LogP contribution in [0.1, 0.15) is 0 Å². The molecule has 0 amide bonds. The van der Waals surface area contributed by atoms with E-state index in [0.29, 0.717) is 0 Å². The van der Waals surface area contributed by atoms with Gasteiger partial charge in [0.1, 0.15) is 0 Å². The van der Waals surface area contributed by atoms with Gasteiger partial charge in [-0.1, -0.05) is 5.59 Å². The molecule has 0 aliphatic carbocycles. The van der Waals surface area contributed by atoms with Gasteiger partial charge in [-0.3, -0.25) is 0 Å². The zero-order chi connectivity index (χ0) is 10.5. The fourth-order valence-corrected chi connectivity index (χ4v) is 0.301. The quantitative estimate of drug-likeness (QED) is 0.258. The van der Waals surface area contributed by atoms with E-state index in [1.165, 1.54) is 5.59 Å². The Bertz CT molecular complexity index is 204. The van der Waals surface area contributed by atoms with Crippen LogP contribution in [0.25, 0.3) is 0 Å². The molecule has 0 atom stereocenters. The van der Waals surface area contributed by atoms with Crippen LogP contribution in [0.3, 0.4) is 0 Å². The van der Waals surface area contributed by atoms with Crippen molar-refractivity contribution in [2.45, 2.75) is 6.18 Å². The Morgan fingerprint density at radius 3 is 2.23 bits per heavy atom. The van der Waals surface area contributed by atoms with E-state index in [2.05, 4.69) is 15.4 Å². The highest BCUT2D eigenvalue weighted by Gasteiger charge is 2.31. The molecule has 0 unspecified atom stereocenters. The minimum Gasteiger partial charge on any atom is -0.448 e. The highest BCUT2D eigenvalue weighted by molar-refractivity contribution is 6.29. The Hall–Kier alpha value is -1.35. The molecule has 13 heavy (non-hydrogen) atoms. The number of hydrogen-bond donors (Lipinski definition) is 2. The summed E-state index contributed by atoms with van der Waals surface area (Å²) in [6.07, 6.45) is -4.69. The smallest absolute Gasteiger partial charge is 0.437 e. The van der Waals surface area contributed by atoms with Gasteiger partial charge in [-0.2, -0.15) is 13.2 Å². The lowest BCUT2D eigenvalue weighted by Gasteiger charge is -2.06. The van der Waals surface area contributed by atoms with Gasteiger partial charge < -0.3 is 9.57 Å². The lowest BCUT2D eigenvalue weighted by molar-refractivity contribution is -0.194. The second-order valence-electron chi connectivity index (χ2n) is 1.70. The summed E-state index contributed by atoms with van der Waals surface area (Å²) in [5.41, 5.74) is 1.31. The molecule has 0 spiro atoms. The molecule has 0 aromatic carbocycles. The maximum absolute atomic E-state index is 11.4. The van der Waals surface area contributed by atoms with Crippen LogP contribution < -0.4 is 11.4 Å². The first-order valence-electron chi connectivity index (χ1n) is 2.77. The Morgan fingerprint density at radius 1 is 1.31 bits per heavy atom. The molecule has 0 fully saturated rings. The molecule has 0 heterocycles. The third-order valence-corrected chi connectivity index (χ3v) is 0.685. The Kier molecular flexibility index (Phi) is 4.14. The third-order valence-electron chi connectivity index (χ3n) is 0.685. The minimum absolute atomic E-state index is 1.31. The first-order valence-corrected chi connectivity index (χ1v) is 2.77. The van der Waals surface area contributed by atoms with Crippen molar-refractivity contribution in [1.29, 1.82) is 0 Å². The van der Waals surface area contributed by atoms with Gasteiger partial charge in [0.25, 0.3) is 0 Å². The molecular weight excluding hydrogens is 197 g/mol. The molecule has 9 heteroatoms. The maximum atomic E-state index is 11.4. The molecule has 0 aromatic rings. The number of esters is 1. The molecule has 3 N–H and O–H groups in total. The highest BCUT2D eigenvalue weighted by Crippen LogP contribution is 2.14. The summed E-state index contributed by atoms with van der Waals surface area (Å²) in [6, 6.07) is 0. The van der Waals surface area contributed by atoms with E-state index in [1.807, 2.05) is 0 Å². The topological polar surface area (TPSA) is 90.6 Å². The van der Waals surface area contributed by atoms with E-state index in [0.717, 1.165) is 0 Å². The summed E-state index contributed by atoms with van der Waals surface area (Å²) in [7, 11) is 0. The number of nitrogens with two attached hydrogens (primary N) is 1. The summed E-state index contributed by atoms with van der Waals surface area (Å²) in [5, 5.41) is 0. The van der Waals surface area contributed by atoms with E-state index >= 15 is 0 Å². The van der Waals surface area contributed by atoms with Crippen molar-refractivity contribution in [3.05, 3.63) is 0 Å². The molecule has 0 aromatic heterocycles. The first kappa shape index (κ1) is 11.6. The van der Waals surface area contributed by atoms with Crippen molar-refractivity contribution in [1.82, 2.24) is 5.59 Å². The number of hydrazine groups is 1. The number of carbonyl (C=O) groups is 2. The zero-order valence-electron chi connectivity index (χ0n) is 6.05. The van der Waals surface area contributed by atoms with Gasteiger partial charge in [0.2, 0.25) is 0 Å². The number of halogens is 3. The van der Waals surface area contributed by atoms with Gasteiger partial charge in [-0.05, 0) is 0 Å². The van der Waals surface area contributed by atoms with Crippen LogP contribution in [-0.4, -0.2) is 24.7 Å². The average molecular weight is 202 g/mol. The van der Waals surface area contributed by atoms with Crippen molar-refractivity contribution >= 4 is 11.9 Å². The van der Waals surface area contributed by atoms with Crippen molar-refractivity contribution < 1.29 is 32.3 Å². The number of nitrogens with one attached hydrogen (secondary N) is 1. The van der Waals surface area contributed by atoms with E-state index in [9.17, 15) is 22.8 Å². The Balaban J connectivity index is 3.82. The van der Waals surface area contributed by atoms with E-state index in [-0.39, 0.29) is 0 Å². The van der Waals surface area contributed by atoms with Crippen LogP contribution in [-0.2, 0) is 19.2 Å². The summed E-state index contributed by atoms with van der Waals surface area (Å²) in [6.45, 7) is -1.86. The molecule has 0 aliphatic heterocycles. The first-order chi connectivity index (χ1) is 5.87. The van der Waals surface area contributed by atoms with Crippen molar-refractivity contribution in [2.75, 3.05) is 6.61 Å². The highest BCUT2D eigenvalue weighted by atomic mass is 19.4. The van der Waals surface area contributed by atoms with Gasteiger partial charge >= 0.3 is 18.1 Å². The molecule has 0 bridgehead atoms. The number of rotatable bonds is 2. The van der Waals surface area contributed by atoms with Crippen molar-refractivity contribution in [3.8, 4) is 0 Å². The number of carbonyl (C=O) groups excluding carboxylic acids is 2. The average Bonchev–Trinajstić information content (AvgIpc) is 1.99. The van der Waals surface area contributed by atoms with Crippen LogP contribution in [0, 0.1) is 0 Å². The van der Waals surface area contributed by atoms with Crippen molar-refractivity contribution in [2.24, 2.45) is 5.84 Å². The van der Waals surface area contributed by atoms with E-state index in [1.54, 1.807) is 0 Å². The SMILES string of the molecule is NNOC(=O)C(=O)OCC(F)(F)F. The van der Waals surface area contributed by atoms with Gasteiger partial charge in [0, 0.05) is 0 Å². The predicted molar refractivity (Wildman–Crippen MR) is 30.4 cm³/mol. The lowest BCUT2D eigenvalue weighted by Crippen LogP contribution is -2.33. The van der Waals surface area contributed by atoms with Gasteiger partial charge in [0.05, 0.1) is 0 Å². The van der Waals surface area contributed by atoms with Crippen LogP contribution >= 0.6 is 0 Å². The van der Waals surface area contributed by atoms with Crippen LogP contribution in [0.15, 0.2) is 0 Å². The normalized spacial score (nSPS) is 10.8. The monoisotopic (exact) mass is 202 g/mol. The second-order valence-corrected chi connectivity index (χ2v) is 1.70. The summed E-state index contributed by atoms with van der Waals surface area (Å²) in [4.78, 5) is 24.2. The molecule has 0 aliphatic rings. The molecule has 0 rings (SSSR count). The van der Waals surface area contributed by atoms with Gasteiger partial charge in [-0.25, -0.2) is 15.4 Å². The fraction of sp³-hybridized carbons (Fsp3) is 0.500. The summed E-state index contributed by atoms with van der Waals surface area (Å²) >= 11 is 0. The fourth-order valence-electron chi connectivity index (χ4n) is 0.301. The third kappa shape index (κ3) is 5.87. The summed E-state index contributed by atoms with van der Waals surface area (Å²) in [5.74, 6) is 0.984. The van der Waals surface area contributed by atoms with E-state index < -0.39 is 24.7 Å². The maximum Gasteiger partial charge on any atom is 0.437 e. The minimum atomic E-state index is -4.69. The van der Waals surface area contributed by atoms with Crippen LogP contribution in [0.5, 0.6) is 0 Å². The zero-order valence-corrected chi connectivity index (χ0v) is 6.05. The number of ether oxygens (including phenoxy) is 1. The molecular formula is C4H5F3N2O4. The Labute approximate surface area is 69.7 Å². The van der Waals surface area contributed by atoms with Crippen LogP contribution in [0.4, 0.5) is 13.2 Å². The predicted octanol–water partition coefficient (Wildman–Crippen LogP) is -0.987. The molecule has 0 radical (unpaired) electrons. The van der Waals surface area contributed by atoms with E-state index in [4.69, 9.17) is 0 Å². The van der Waals surface area contributed by atoms with Gasteiger partial charge in [0.15, 0.2) is 6.61 Å². The lowest BCUT2D eigenvalue weighted by atomic mass is 10.6. The molecule has 76 valence electrons. The standard InChI is InChI=1S/C4H5F3N2O4/c5-4(6,7)1-12-2(10)3(11)13-9-8/h9H,1,8H2. The molecule has 0 saturated heterocycles. The van der Waals surface area contributed by atoms with Gasteiger partial charge in [-0.15, -0.1) is 0 Å². The Morgan fingerprint density at radius 2 is 1.85 bits per heavy atom. The van der Waals surface area contributed by atoms with Crippen molar-refractivity contribution in [3.63, 3.8) is 0 Å².